The lowest BCUT2D eigenvalue weighted by atomic mass is 9.89. The highest BCUT2D eigenvalue weighted by Gasteiger charge is 2.14. The number of hydrogen-bond acceptors (Lipinski definition) is 5. The van der Waals surface area contributed by atoms with Crippen LogP contribution in [-0.2, 0) is 24.1 Å². The van der Waals surface area contributed by atoms with Crippen LogP contribution in [0.3, 0.4) is 0 Å². The van der Waals surface area contributed by atoms with Gasteiger partial charge in [0, 0.05) is 18.4 Å². The summed E-state index contributed by atoms with van der Waals surface area (Å²) in [6.07, 6.45) is 5.74. The van der Waals surface area contributed by atoms with Crippen LogP contribution in [0.5, 0.6) is 0 Å². The van der Waals surface area contributed by atoms with Crippen LogP contribution in [0.25, 0.3) is 0 Å². The molecule has 1 aliphatic carbocycles. The SMILES string of the molecule is CCc1nnc(NC(=O)CCC(=O)c2ccc3c(c2)CCCC3)s1. The molecular weight excluding hydrogens is 322 g/mol. The minimum atomic E-state index is -0.194. The van der Waals surface area contributed by atoms with Crippen LogP contribution in [0.1, 0.15) is 59.1 Å². The number of Topliss-reactive ketones (excluding diaryl/α,β-unsaturated/α-hetero) is 1. The summed E-state index contributed by atoms with van der Waals surface area (Å²) in [7, 11) is 0. The van der Waals surface area contributed by atoms with Crippen molar-refractivity contribution in [2.24, 2.45) is 0 Å². The molecule has 24 heavy (non-hydrogen) atoms. The number of ketones is 1. The molecule has 6 heteroatoms. The van der Waals surface area contributed by atoms with Gasteiger partial charge in [-0.25, -0.2) is 0 Å². The van der Waals surface area contributed by atoms with Gasteiger partial charge in [-0.05, 0) is 49.3 Å². The van der Waals surface area contributed by atoms with E-state index in [4.69, 9.17) is 0 Å². The van der Waals surface area contributed by atoms with Gasteiger partial charge in [0.1, 0.15) is 5.01 Å². The molecule has 0 aliphatic heterocycles. The number of fused-ring (bicyclic) bond motifs is 1. The van der Waals surface area contributed by atoms with Crippen LogP contribution in [-0.4, -0.2) is 21.9 Å². The van der Waals surface area contributed by atoms with E-state index in [2.05, 4.69) is 21.6 Å². The number of amides is 1. The van der Waals surface area contributed by atoms with Gasteiger partial charge in [-0.2, -0.15) is 0 Å². The highest BCUT2D eigenvalue weighted by molar-refractivity contribution is 7.15. The molecule has 1 N–H and O–H groups in total. The lowest BCUT2D eigenvalue weighted by Crippen LogP contribution is -2.14. The van der Waals surface area contributed by atoms with E-state index in [1.54, 1.807) is 0 Å². The van der Waals surface area contributed by atoms with Crippen molar-refractivity contribution < 1.29 is 9.59 Å². The number of hydrogen-bond donors (Lipinski definition) is 1. The van der Waals surface area contributed by atoms with E-state index in [1.807, 2.05) is 19.1 Å². The van der Waals surface area contributed by atoms with Crippen molar-refractivity contribution in [2.45, 2.75) is 51.9 Å². The zero-order valence-corrected chi connectivity index (χ0v) is 14.6. The summed E-state index contributed by atoms with van der Waals surface area (Å²) in [5, 5.41) is 12.0. The third-order valence-electron chi connectivity index (χ3n) is 4.27. The quantitative estimate of drug-likeness (QED) is 0.814. The monoisotopic (exact) mass is 343 g/mol. The molecule has 1 heterocycles. The van der Waals surface area contributed by atoms with Gasteiger partial charge < -0.3 is 5.32 Å². The Morgan fingerprint density at radius 1 is 1.12 bits per heavy atom. The second-order valence-corrected chi connectivity index (χ2v) is 7.08. The Labute approximate surface area is 145 Å². The summed E-state index contributed by atoms with van der Waals surface area (Å²) < 4.78 is 0. The topological polar surface area (TPSA) is 72.0 Å². The minimum absolute atomic E-state index is 0.0186. The first-order chi connectivity index (χ1) is 11.7. The van der Waals surface area contributed by atoms with Crippen molar-refractivity contribution in [1.29, 1.82) is 0 Å². The summed E-state index contributed by atoms with van der Waals surface area (Å²) in [6, 6.07) is 5.96. The van der Waals surface area contributed by atoms with Crippen molar-refractivity contribution in [3.63, 3.8) is 0 Å². The molecular formula is C18H21N3O2S. The highest BCUT2D eigenvalue weighted by Crippen LogP contribution is 2.23. The first-order valence-electron chi connectivity index (χ1n) is 8.43. The van der Waals surface area contributed by atoms with Crippen LogP contribution >= 0.6 is 11.3 Å². The van der Waals surface area contributed by atoms with Crippen molar-refractivity contribution in [1.82, 2.24) is 10.2 Å². The maximum atomic E-state index is 12.3. The van der Waals surface area contributed by atoms with E-state index >= 15 is 0 Å². The summed E-state index contributed by atoms with van der Waals surface area (Å²) in [6.45, 7) is 1.99. The molecule has 1 amide bonds. The Hall–Kier alpha value is -2.08. The number of carbonyl (C=O) groups is 2. The van der Waals surface area contributed by atoms with E-state index in [-0.39, 0.29) is 24.5 Å². The normalized spacial score (nSPS) is 13.4. The Morgan fingerprint density at radius 2 is 1.92 bits per heavy atom. The highest BCUT2D eigenvalue weighted by atomic mass is 32.1. The zero-order chi connectivity index (χ0) is 16.9. The summed E-state index contributed by atoms with van der Waals surface area (Å²) in [4.78, 5) is 24.3. The third kappa shape index (κ3) is 4.06. The van der Waals surface area contributed by atoms with Gasteiger partial charge in [0.2, 0.25) is 11.0 Å². The number of carbonyl (C=O) groups excluding carboxylic acids is 2. The van der Waals surface area contributed by atoms with Gasteiger partial charge in [-0.15, -0.1) is 10.2 Å². The first-order valence-corrected chi connectivity index (χ1v) is 9.24. The van der Waals surface area contributed by atoms with E-state index in [1.165, 1.54) is 35.3 Å². The summed E-state index contributed by atoms with van der Waals surface area (Å²) in [5.41, 5.74) is 3.36. The Balaban J connectivity index is 1.54. The number of aromatic nitrogens is 2. The van der Waals surface area contributed by atoms with Gasteiger partial charge in [-0.1, -0.05) is 30.4 Å². The number of benzene rings is 1. The first kappa shape index (κ1) is 16.8. The molecule has 3 rings (SSSR count). The number of rotatable bonds is 6. The van der Waals surface area contributed by atoms with E-state index in [9.17, 15) is 9.59 Å². The van der Waals surface area contributed by atoms with E-state index < -0.39 is 0 Å². The Morgan fingerprint density at radius 3 is 2.67 bits per heavy atom. The predicted octanol–water partition coefficient (Wildman–Crippen LogP) is 3.58. The Bertz CT molecular complexity index is 754. The largest absolute Gasteiger partial charge is 0.301 e. The zero-order valence-electron chi connectivity index (χ0n) is 13.8. The van der Waals surface area contributed by atoms with Crippen LogP contribution in [0, 0.1) is 0 Å². The molecule has 0 bridgehead atoms. The van der Waals surface area contributed by atoms with Gasteiger partial charge in [0.25, 0.3) is 0 Å². The number of nitrogens with zero attached hydrogens (tertiary/aromatic N) is 2. The standard InChI is InChI=1S/C18H21N3O2S/c1-2-17-20-21-18(24-17)19-16(23)10-9-15(22)14-8-7-12-5-3-4-6-13(12)11-14/h7-8,11H,2-6,9-10H2,1H3,(H,19,21,23). The van der Waals surface area contributed by atoms with Crippen molar-refractivity contribution in [2.75, 3.05) is 5.32 Å². The molecule has 0 saturated heterocycles. The van der Waals surface area contributed by atoms with E-state index in [0.717, 1.165) is 24.3 Å². The average molecular weight is 343 g/mol. The maximum absolute atomic E-state index is 12.3. The average Bonchev–Trinajstić information content (AvgIpc) is 3.06. The number of anilines is 1. The third-order valence-corrected chi connectivity index (χ3v) is 5.25. The fourth-order valence-electron chi connectivity index (χ4n) is 2.91. The second-order valence-electron chi connectivity index (χ2n) is 6.02. The molecule has 1 aromatic heterocycles. The molecule has 0 fully saturated rings. The predicted molar refractivity (Wildman–Crippen MR) is 94.6 cm³/mol. The number of nitrogens with one attached hydrogen (secondary N) is 1. The molecule has 2 aromatic rings. The molecule has 0 saturated carbocycles. The van der Waals surface area contributed by atoms with Crippen LogP contribution in [0.15, 0.2) is 18.2 Å². The molecule has 0 radical (unpaired) electrons. The molecule has 0 atom stereocenters. The molecule has 1 aliphatic rings. The van der Waals surface area contributed by atoms with Crippen LogP contribution in [0.2, 0.25) is 0 Å². The van der Waals surface area contributed by atoms with Crippen LogP contribution < -0.4 is 5.32 Å². The molecule has 0 unspecified atom stereocenters. The van der Waals surface area contributed by atoms with Gasteiger partial charge >= 0.3 is 0 Å². The minimum Gasteiger partial charge on any atom is -0.301 e. The van der Waals surface area contributed by atoms with Crippen molar-refractivity contribution >= 4 is 28.2 Å². The fraction of sp³-hybridized carbons (Fsp3) is 0.444. The molecule has 0 spiro atoms. The smallest absolute Gasteiger partial charge is 0.226 e. The Kier molecular flexibility index (Phi) is 5.35. The van der Waals surface area contributed by atoms with Gasteiger partial charge in [0.05, 0.1) is 0 Å². The number of aryl methyl sites for hydroxylation is 3. The molecule has 5 nitrogen and oxygen atoms in total. The van der Waals surface area contributed by atoms with Crippen molar-refractivity contribution in [3.8, 4) is 0 Å². The summed E-state index contributed by atoms with van der Waals surface area (Å²) in [5.74, 6) is -0.176. The maximum Gasteiger partial charge on any atom is 0.226 e. The van der Waals surface area contributed by atoms with Gasteiger partial charge in [0.15, 0.2) is 5.78 Å². The fourth-order valence-corrected chi connectivity index (χ4v) is 3.60. The van der Waals surface area contributed by atoms with Crippen LogP contribution in [0.4, 0.5) is 5.13 Å². The molecule has 1 aromatic carbocycles. The lowest BCUT2D eigenvalue weighted by molar-refractivity contribution is -0.116. The summed E-state index contributed by atoms with van der Waals surface area (Å²) >= 11 is 1.37. The molecule has 126 valence electrons. The van der Waals surface area contributed by atoms with Gasteiger partial charge in [-0.3, -0.25) is 9.59 Å². The lowest BCUT2D eigenvalue weighted by Gasteiger charge is -2.16. The van der Waals surface area contributed by atoms with E-state index in [0.29, 0.717) is 10.7 Å². The second kappa shape index (κ2) is 7.66. The van der Waals surface area contributed by atoms with Crippen molar-refractivity contribution in [3.05, 3.63) is 39.9 Å².